The highest BCUT2D eigenvalue weighted by atomic mass is 16.5. The van der Waals surface area contributed by atoms with Crippen molar-refractivity contribution in [2.45, 2.75) is 13.0 Å². The summed E-state index contributed by atoms with van der Waals surface area (Å²) in [4.78, 5) is 0. The van der Waals surface area contributed by atoms with Gasteiger partial charge in [-0.1, -0.05) is 97.1 Å². The van der Waals surface area contributed by atoms with Gasteiger partial charge in [0, 0.05) is 29.7 Å². The molecule has 0 aliphatic carbocycles. The minimum absolute atomic E-state index is 0.0183. The molecule has 0 spiro atoms. The molecule has 0 amide bonds. The van der Waals surface area contributed by atoms with Gasteiger partial charge < -0.3 is 14.9 Å². The standard InChI is InChI=1S/C36H26O3/c37-27-19-35(38)33(21-32-28-13-5-1-9-23(28)17-24-10-2-6-14-29(24)32)36(20-27)39-22-34-30-15-7-3-11-25(30)18-26-12-4-8-16-31(26)34/h1-20,37-38H,21-22H2. The molecule has 2 N–H and O–H groups in total. The van der Waals surface area contributed by atoms with Crippen LogP contribution in [0.25, 0.3) is 43.1 Å². The summed E-state index contributed by atoms with van der Waals surface area (Å²) in [7, 11) is 0. The van der Waals surface area contributed by atoms with Crippen LogP contribution in [0.1, 0.15) is 16.7 Å². The highest BCUT2D eigenvalue weighted by Crippen LogP contribution is 2.39. The van der Waals surface area contributed by atoms with Crippen LogP contribution in [0.2, 0.25) is 0 Å². The smallest absolute Gasteiger partial charge is 0.130 e. The van der Waals surface area contributed by atoms with Crippen molar-refractivity contribution < 1.29 is 14.9 Å². The summed E-state index contributed by atoms with van der Waals surface area (Å²) in [5.41, 5.74) is 2.84. The van der Waals surface area contributed by atoms with Gasteiger partial charge in [-0.2, -0.15) is 0 Å². The first kappa shape index (κ1) is 23.1. The van der Waals surface area contributed by atoms with Gasteiger partial charge in [-0.15, -0.1) is 0 Å². The maximum absolute atomic E-state index is 11.1. The van der Waals surface area contributed by atoms with Crippen molar-refractivity contribution in [2.24, 2.45) is 0 Å². The Morgan fingerprint density at radius 1 is 0.462 bits per heavy atom. The SMILES string of the molecule is Oc1cc(O)c(Cc2c3ccccc3cc3ccccc23)c(OCc2c3ccccc3cc3ccccc23)c1. The Bertz CT molecular complexity index is 1910. The summed E-state index contributed by atoms with van der Waals surface area (Å²) in [6, 6.07) is 40.7. The lowest BCUT2D eigenvalue weighted by atomic mass is 9.92. The average molecular weight is 507 g/mol. The second-order valence-corrected chi connectivity index (χ2v) is 10.0. The van der Waals surface area contributed by atoms with Gasteiger partial charge in [-0.25, -0.2) is 0 Å². The van der Waals surface area contributed by atoms with E-state index in [0.717, 1.165) is 54.2 Å². The van der Waals surface area contributed by atoms with Crippen molar-refractivity contribution in [1.29, 1.82) is 0 Å². The first-order valence-corrected chi connectivity index (χ1v) is 13.1. The summed E-state index contributed by atoms with van der Waals surface area (Å²) >= 11 is 0. The van der Waals surface area contributed by atoms with Gasteiger partial charge in [0.15, 0.2) is 0 Å². The van der Waals surface area contributed by atoms with Crippen LogP contribution in [-0.2, 0) is 13.0 Å². The van der Waals surface area contributed by atoms with Crippen LogP contribution < -0.4 is 4.74 Å². The number of benzene rings is 7. The van der Waals surface area contributed by atoms with Crippen LogP contribution in [0.15, 0.2) is 121 Å². The quantitative estimate of drug-likeness (QED) is 0.229. The van der Waals surface area contributed by atoms with Crippen LogP contribution in [0.4, 0.5) is 0 Å². The molecule has 0 aliphatic heterocycles. The highest BCUT2D eigenvalue weighted by Gasteiger charge is 2.17. The fourth-order valence-corrected chi connectivity index (χ4v) is 5.81. The third-order valence-corrected chi connectivity index (χ3v) is 7.66. The average Bonchev–Trinajstić information content (AvgIpc) is 2.96. The van der Waals surface area contributed by atoms with E-state index < -0.39 is 0 Å². The zero-order chi connectivity index (χ0) is 26.3. The monoisotopic (exact) mass is 506 g/mol. The van der Waals surface area contributed by atoms with E-state index in [2.05, 4.69) is 60.7 Å². The molecule has 39 heavy (non-hydrogen) atoms. The molecule has 0 atom stereocenters. The van der Waals surface area contributed by atoms with E-state index in [4.69, 9.17) is 4.74 Å². The molecule has 0 aromatic heterocycles. The Kier molecular flexibility index (Phi) is 5.56. The third kappa shape index (κ3) is 4.09. The van der Waals surface area contributed by atoms with E-state index >= 15 is 0 Å². The van der Waals surface area contributed by atoms with Crippen LogP contribution in [0.5, 0.6) is 17.2 Å². The fourth-order valence-electron chi connectivity index (χ4n) is 5.81. The number of hydrogen-bond acceptors (Lipinski definition) is 3. The van der Waals surface area contributed by atoms with Crippen molar-refractivity contribution in [3.8, 4) is 17.2 Å². The lowest BCUT2D eigenvalue weighted by Crippen LogP contribution is -2.02. The predicted octanol–water partition coefficient (Wildman–Crippen LogP) is 8.88. The Morgan fingerprint density at radius 2 is 0.897 bits per heavy atom. The first-order chi connectivity index (χ1) is 19.2. The molecular formula is C36H26O3. The van der Waals surface area contributed by atoms with Gasteiger partial charge in [0.05, 0.1) is 0 Å². The Balaban J connectivity index is 1.35. The van der Waals surface area contributed by atoms with Gasteiger partial charge in [-0.3, -0.25) is 0 Å². The second kappa shape index (κ2) is 9.38. The molecule has 0 fully saturated rings. The molecule has 0 saturated heterocycles. The molecule has 3 heteroatoms. The lowest BCUT2D eigenvalue weighted by molar-refractivity contribution is 0.301. The van der Waals surface area contributed by atoms with Gasteiger partial charge >= 0.3 is 0 Å². The van der Waals surface area contributed by atoms with Crippen molar-refractivity contribution in [3.63, 3.8) is 0 Å². The van der Waals surface area contributed by atoms with Crippen LogP contribution in [0.3, 0.4) is 0 Å². The Morgan fingerprint density at radius 3 is 1.38 bits per heavy atom. The topological polar surface area (TPSA) is 49.7 Å². The van der Waals surface area contributed by atoms with E-state index in [1.807, 2.05) is 48.5 Å². The zero-order valence-electron chi connectivity index (χ0n) is 21.3. The normalized spacial score (nSPS) is 11.5. The van der Waals surface area contributed by atoms with E-state index in [0.29, 0.717) is 24.3 Å². The minimum atomic E-state index is -0.0307. The number of aromatic hydroxyl groups is 2. The molecule has 188 valence electrons. The summed E-state index contributed by atoms with van der Waals surface area (Å²) in [6.07, 6.45) is 0.458. The molecule has 7 rings (SSSR count). The van der Waals surface area contributed by atoms with Crippen molar-refractivity contribution in [1.82, 2.24) is 0 Å². The summed E-state index contributed by atoms with van der Waals surface area (Å²) in [5.74, 6) is 0.461. The minimum Gasteiger partial charge on any atom is -0.508 e. The summed E-state index contributed by atoms with van der Waals surface area (Å²) < 4.78 is 6.48. The van der Waals surface area contributed by atoms with Crippen molar-refractivity contribution in [3.05, 3.63) is 138 Å². The number of hydrogen-bond donors (Lipinski definition) is 2. The molecule has 0 heterocycles. The van der Waals surface area contributed by atoms with Crippen LogP contribution in [0, 0.1) is 0 Å². The molecule has 0 radical (unpaired) electrons. The highest BCUT2D eigenvalue weighted by molar-refractivity contribution is 6.03. The first-order valence-electron chi connectivity index (χ1n) is 13.1. The second-order valence-electron chi connectivity index (χ2n) is 10.0. The maximum atomic E-state index is 11.1. The van der Waals surface area contributed by atoms with Crippen molar-refractivity contribution >= 4 is 43.1 Å². The van der Waals surface area contributed by atoms with Gasteiger partial charge in [0.25, 0.3) is 0 Å². The number of rotatable bonds is 5. The molecule has 7 aromatic carbocycles. The summed E-state index contributed by atoms with van der Waals surface area (Å²) in [6.45, 7) is 0.300. The third-order valence-electron chi connectivity index (χ3n) is 7.66. The van der Waals surface area contributed by atoms with E-state index in [-0.39, 0.29) is 11.5 Å². The number of ether oxygens (including phenoxy) is 1. The fraction of sp³-hybridized carbons (Fsp3) is 0.0556. The van der Waals surface area contributed by atoms with Crippen LogP contribution in [-0.4, -0.2) is 10.2 Å². The Hall–Kier alpha value is -5.02. The Labute approximate surface area is 226 Å². The number of fused-ring (bicyclic) bond motifs is 4. The molecule has 3 nitrogen and oxygen atoms in total. The van der Waals surface area contributed by atoms with E-state index in [1.54, 1.807) is 6.07 Å². The van der Waals surface area contributed by atoms with Gasteiger partial charge in [0.1, 0.15) is 23.9 Å². The van der Waals surface area contributed by atoms with E-state index in [1.165, 1.54) is 6.07 Å². The van der Waals surface area contributed by atoms with E-state index in [9.17, 15) is 10.2 Å². The summed E-state index contributed by atoms with van der Waals surface area (Å²) in [5, 5.41) is 30.6. The molecule has 7 aromatic rings. The number of phenols is 2. The van der Waals surface area contributed by atoms with Crippen LogP contribution >= 0.6 is 0 Å². The van der Waals surface area contributed by atoms with Crippen molar-refractivity contribution in [2.75, 3.05) is 0 Å². The van der Waals surface area contributed by atoms with Gasteiger partial charge in [-0.05, 0) is 60.8 Å². The molecule has 0 aliphatic rings. The lowest BCUT2D eigenvalue weighted by Gasteiger charge is -2.18. The predicted molar refractivity (Wildman–Crippen MR) is 160 cm³/mol. The molecule has 0 bridgehead atoms. The molecule has 0 saturated carbocycles. The molecule has 0 unspecified atom stereocenters. The molecular weight excluding hydrogens is 480 g/mol. The maximum Gasteiger partial charge on any atom is 0.130 e. The number of phenolic OH excluding ortho intramolecular Hbond substituents is 2. The zero-order valence-corrected chi connectivity index (χ0v) is 21.3. The van der Waals surface area contributed by atoms with Gasteiger partial charge in [0.2, 0.25) is 0 Å². The largest absolute Gasteiger partial charge is 0.508 e.